The normalized spacial score (nSPS) is 24.2. The quantitative estimate of drug-likeness (QED) is 0.128. The molecule has 1 aromatic rings. The summed E-state index contributed by atoms with van der Waals surface area (Å²) in [5.41, 5.74) is -1.20. The predicted molar refractivity (Wildman–Crippen MR) is 130 cm³/mol. The lowest BCUT2D eigenvalue weighted by Crippen LogP contribution is -2.35. The van der Waals surface area contributed by atoms with Crippen molar-refractivity contribution < 1.29 is 28.0 Å². The number of hydrogen-bond donors (Lipinski definition) is 4. The molecule has 4 N–H and O–H groups in total. The summed E-state index contributed by atoms with van der Waals surface area (Å²) in [6, 6.07) is 1.21. The van der Waals surface area contributed by atoms with Gasteiger partial charge in [-0.25, -0.2) is 9.36 Å². The van der Waals surface area contributed by atoms with Crippen LogP contribution in [0, 0.1) is 5.92 Å². The second-order valence-electron chi connectivity index (χ2n) is 7.63. The van der Waals surface area contributed by atoms with Crippen LogP contribution in [0.4, 0.5) is 0 Å². The van der Waals surface area contributed by atoms with Crippen LogP contribution in [0.5, 0.6) is 0 Å². The standard InChI is InChI=1S/C20H33N4O8PS/c1-21-19(34)22-11-8-6-4-5-7-9-14-17(32-33(27,28)30-3)15(13-29-2)31-18(14)24-12-10-16(25)23-20(24)26/h5,7,10,12,14-15,17-18H,4,6,8-9,11,13H2,1-3H3,(H,27,28)(H2,21,22,34)(H,23,25,26)/b7-5+/t14-,15+,17?,18+/m0/s1. The highest BCUT2D eigenvalue weighted by atomic mass is 32.1. The van der Waals surface area contributed by atoms with Gasteiger partial charge in [-0.15, -0.1) is 0 Å². The molecule has 1 aliphatic heterocycles. The maximum atomic E-state index is 12.4. The molecular weight excluding hydrogens is 487 g/mol. The second-order valence-corrected chi connectivity index (χ2v) is 9.55. The number of rotatable bonds is 13. The molecule has 1 aromatic heterocycles. The molecule has 34 heavy (non-hydrogen) atoms. The number of phosphoric ester groups is 1. The van der Waals surface area contributed by atoms with Crippen molar-refractivity contribution in [2.75, 3.05) is 34.4 Å². The monoisotopic (exact) mass is 520 g/mol. The third-order valence-corrected chi connectivity index (χ3v) is 6.62. The molecule has 12 nitrogen and oxygen atoms in total. The minimum Gasteiger partial charge on any atom is -0.382 e. The first-order valence-corrected chi connectivity index (χ1v) is 12.8. The summed E-state index contributed by atoms with van der Waals surface area (Å²) in [4.78, 5) is 36.1. The molecule has 0 aromatic carbocycles. The third-order valence-electron chi connectivity index (χ3n) is 5.30. The fourth-order valence-corrected chi connectivity index (χ4v) is 4.42. The molecule has 2 unspecified atom stereocenters. The van der Waals surface area contributed by atoms with Crippen molar-refractivity contribution in [3.8, 4) is 0 Å². The van der Waals surface area contributed by atoms with Crippen LogP contribution in [0.2, 0.25) is 0 Å². The number of thiocarbonyl (C=S) groups is 1. The summed E-state index contributed by atoms with van der Waals surface area (Å²) in [6.07, 6.45) is 5.79. The van der Waals surface area contributed by atoms with E-state index in [2.05, 4.69) is 20.1 Å². The van der Waals surface area contributed by atoms with E-state index in [1.807, 2.05) is 12.2 Å². The number of allylic oxidation sites excluding steroid dienone is 2. The molecule has 0 saturated carbocycles. The van der Waals surface area contributed by atoms with Gasteiger partial charge in [-0.05, 0) is 37.9 Å². The molecular formula is C20H33N4O8PS. The van der Waals surface area contributed by atoms with Crippen LogP contribution < -0.4 is 21.9 Å². The smallest absolute Gasteiger partial charge is 0.382 e. The van der Waals surface area contributed by atoms with Crippen LogP contribution in [0.25, 0.3) is 0 Å². The fraction of sp³-hybridized carbons (Fsp3) is 0.650. The number of H-pyrrole nitrogens is 1. The first-order chi connectivity index (χ1) is 16.2. The number of nitrogens with one attached hydrogen (secondary N) is 3. The Morgan fingerprint density at radius 1 is 1.35 bits per heavy atom. The molecule has 0 aliphatic carbocycles. The predicted octanol–water partition coefficient (Wildman–Crippen LogP) is 1.04. The van der Waals surface area contributed by atoms with Gasteiger partial charge in [0.05, 0.1) is 6.61 Å². The Morgan fingerprint density at radius 3 is 2.76 bits per heavy atom. The maximum absolute atomic E-state index is 12.4. The molecule has 1 saturated heterocycles. The lowest BCUT2D eigenvalue weighted by molar-refractivity contribution is -0.0561. The van der Waals surface area contributed by atoms with Crippen molar-refractivity contribution >= 4 is 25.2 Å². The highest BCUT2D eigenvalue weighted by Crippen LogP contribution is 2.50. The lowest BCUT2D eigenvalue weighted by atomic mass is 9.95. The minimum atomic E-state index is -4.35. The molecule has 0 spiro atoms. The Morgan fingerprint density at radius 2 is 2.12 bits per heavy atom. The second kappa shape index (κ2) is 13.9. The van der Waals surface area contributed by atoms with Gasteiger partial charge in [-0.2, -0.15) is 0 Å². The van der Waals surface area contributed by atoms with Crippen molar-refractivity contribution in [1.29, 1.82) is 0 Å². The van der Waals surface area contributed by atoms with E-state index in [-0.39, 0.29) is 6.61 Å². The van der Waals surface area contributed by atoms with Gasteiger partial charge in [-0.1, -0.05) is 12.2 Å². The first-order valence-electron chi connectivity index (χ1n) is 10.9. The Hall–Kier alpha value is -1.86. The zero-order chi connectivity index (χ0) is 25.1. The van der Waals surface area contributed by atoms with Gasteiger partial charge in [0.25, 0.3) is 5.56 Å². The van der Waals surface area contributed by atoms with Gasteiger partial charge < -0.3 is 25.0 Å². The number of phosphoric acid groups is 1. The molecule has 14 heteroatoms. The largest absolute Gasteiger partial charge is 0.472 e. The van der Waals surface area contributed by atoms with Gasteiger partial charge in [0.15, 0.2) is 5.11 Å². The van der Waals surface area contributed by atoms with E-state index in [1.165, 1.54) is 23.9 Å². The van der Waals surface area contributed by atoms with E-state index in [0.717, 1.165) is 32.9 Å². The van der Waals surface area contributed by atoms with Crippen molar-refractivity contribution in [3.05, 3.63) is 45.3 Å². The van der Waals surface area contributed by atoms with Crippen molar-refractivity contribution in [3.63, 3.8) is 0 Å². The van der Waals surface area contributed by atoms with Crippen LogP contribution in [0.15, 0.2) is 34.0 Å². The topological polar surface area (TPSA) is 153 Å². The number of aromatic nitrogens is 2. The number of ether oxygens (including phenoxy) is 2. The molecule has 0 bridgehead atoms. The number of unbranched alkanes of at least 4 members (excludes halogenated alkanes) is 2. The summed E-state index contributed by atoms with van der Waals surface area (Å²) in [5, 5.41) is 6.54. The maximum Gasteiger partial charge on any atom is 0.472 e. The Kier molecular flexibility index (Phi) is 11.6. The SMILES string of the molecule is CNC(=S)NCCCC/C=C/C[C@H]1C(OP(=O)(O)OC)[C@@H](COC)O[C@H]1n1ccc(=O)[nH]c1=O. The number of methoxy groups -OCH3 is 1. The molecule has 0 radical (unpaired) electrons. The van der Waals surface area contributed by atoms with Crippen molar-refractivity contribution in [1.82, 2.24) is 20.2 Å². The van der Waals surface area contributed by atoms with Gasteiger partial charge >= 0.3 is 13.5 Å². The third kappa shape index (κ3) is 8.42. The average molecular weight is 521 g/mol. The van der Waals surface area contributed by atoms with Crippen molar-refractivity contribution in [2.45, 2.75) is 44.1 Å². The molecule has 1 fully saturated rings. The Balaban J connectivity index is 2.15. The highest BCUT2D eigenvalue weighted by Gasteiger charge is 2.48. The van der Waals surface area contributed by atoms with Crippen LogP contribution in [0.1, 0.15) is 31.9 Å². The van der Waals surface area contributed by atoms with E-state index >= 15 is 0 Å². The summed E-state index contributed by atoms with van der Waals surface area (Å²) < 4.78 is 34.7. The molecule has 2 rings (SSSR count). The zero-order valence-electron chi connectivity index (χ0n) is 19.5. The first kappa shape index (κ1) is 28.4. The fourth-order valence-electron chi connectivity index (χ4n) is 3.64. The van der Waals surface area contributed by atoms with Gasteiger partial charge in [0.2, 0.25) is 0 Å². The summed E-state index contributed by atoms with van der Waals surface area (Å²) in [7, 11) is -0.0665. The Bertz CT molecular complexity index is 984. The Labute approximate surface area is 203 Å². The van der Waals surface area contributed by atoms with Crippen LogP contribution in [0.3, 0.4) is 0 Å². The van der Waals surface area contributed by atoms with E-state index < -0.39 is 43.4 Å². The summed E-state index contributed by atoms with van der Waals surface area (Å²) in [5.74, 6) is -0.537. The summed E-state index contributed by atoms with van der Waals surface area (Å²) >= 11 is 5.03. The highest BCUT2D eigenvalue weighted by molar-refractivity contribution is 7.80. The van der Waals surface area contributed by atoms with E-state index in [0.29, 0.717) is 11.5 Å². The number of hydrogen-bond acceptors (Lipinski definition) is 8. The average Bonchev–Trinajstić information content (AvgIpc) is 3.11. The van der Waals surface area contributed by atoms with E-state index in [9.17, 15) is 19.0 Å². The van der Waals surface area contributed by atoms with Crippen LogP contribution in [-0.2, 0) is 23.1 Å². The summed E-state index contributed by atoms with van der Waals surface area (Å²) in [6.45, 7) is 0.823. The minimum absolute atomic E-state index is 0.0602. The number of aromatic amines is 1. The van der Waals surface area contributed by atoms with E-state index in [4.69, 9.17) is 26.2 Å². The zero-order valence-corrected chi connectivity index (χ0v) is 21.2. The van der Waals surface area contributed by atoms with Gasteiger partial charge in [0, 0.05) is 46.0 Å². The van der Waals surface area contributed by atoms with Crippen LogP contribution >= 0.6 is 20.0 Å². The lowest BCUT2D eigenvalue weighted by Gasteiger charge is -2.25. The molecule has 2 heterocycles. The van der Waals surface area contributed by atoms with Crippen LogP contribution in [-0.4, -0.2) is 66.2 Å². The molecule has 0 amide bonds. The van der Waals surface area contributed by atoms with E-state index in [1.54, 1.807) is 7.05 Å². The molecule has 5 atom stereocenters. The molecule has 1 aliphatic rings. The molecule has 192 valence electrons. The van der Waals surface area contributed by atoms with Crippen molar-refractivity contribution in [2.24, 2.45) is 5.92 Å². The number of nitrogens with zero attached hydrogens (tertiary/aromatic N) is 1. The van der Waals surface area contributed by atoms with Gasteiger partial charge in [-0.3, -0.25) is 23.4 Å². The van der Waals surface area contributed by atoms with Gasteiger partial charge in [0.1, 0.15) is 18.4 Å².